The first-order chi connectivity index (χ1) is 13.6. The Hall–Kier alpha value is -3.24. The molecule has 138 valence electrons. The standard InChI is InChI=1S/C21H17BrN6/c1-13(2)28-12-16(15-5-7-24-11-20(15)28)18-6-8-25-21(26-18)27-19-4-3-14(10-23)9-17(19)22/h3-9,11-13H,1-2H3,(H,25,26,27). The van der Waals surface area contributed by atoms with E-state index in [1.807, 2.05) is 24.4 Å². The first-order valence-electron chi connectivity index (χ1n) is 8.81. The topological polar surface area (TPSA) is 79.4 Å². The van der Waals surface area contributed by atoms with Gasteiger partial charge in [0.25, 0.3) is 0 Å². The third-order valence-electron chi connectivity index (χ3n) is 4.47. The lowest BCUT2D eigenvalue weighted by molar-refractivity contribution is 0.622. The van der Waals surface area contributed by atoms with Gasteiger partial charge in [0.15, 0.2) is 0 Å². The Bertz CT molecular complexity index is 1210. The van der Waals surface area contributed by atoms with Gasteiger partial charge in [-0.1, -0.05) is 0 Å². The van der Waals surface area contributed by atoms with Crippen molar-refractivity contribution in [2.75, 3.05) is 5.32 Å². The van der Waals surface area contributed by atoms with Crippen molar-refractivity contribution in [1.82, 2.24) is 19.5 Å². The van der Waals surface area contributed by atoms with Crippen molar-refractivity contribution >= 4 is 38.5 Å². The van der Waals surface area contributed by atoms with Gasteiger partial charge >= 0.3 is 0 Å². The van der Waals surface area contributed by atoms with Gasteiger partial charge in [-0.3, -0.25) is 4.98 Å². The summed E-state index contributed by atoms with van der Waals surface area (Å²) in [6, 6.07) is 11.7. The van der Waals surface area contributed by atoms with Crippen molar-refractivity contribution in [3.8, 4) is 17.3 Å². The molecule has 0 fully saturated rings. The largest absolute Gasteiger partial charge is 0.343 e. The number of pyridine rings is 1. The molecule has 0 spiro atoms. The van der Waals surface area contributed by atoms with Crippen LogP contribution in [0.5, 0.6) is 0 Å². The number of halogens is 1. The van der Waals surface area contributed by atoms with Crippen molar-refractivity contribution in [2.24, 2.45) is 0 Å². The fourth-order valence-corrected chi connectivity index (χ4v) is 3.58. The summed E-state index contributed by atoms with van der Waals surface area (Å²) in [6.45, 7) is 4.29. The minimum atomic E-state index is 0.314. The second-order valence-electron chi connectivity index (χ2n) is 6.63. The van der Waals surface area contributed by atoms with Crippen molar-refractivity contribution < 1.29 is 0 Å². The van der Waals surface area contributed by atoms with Gasteiger partial charge in [0.1, 0.15) is 0 Å². The highest BCUT2D eigenvalue weighted by molar-refractivity contribution is 9.10. The molecule has 0 saturated carbocycles. The molecule has 28 heavy (non-hydrogen) atoms. The van der Waals surface area contributed by atoms with E-state index >= 15 is 0 Å². The number of nitriles is 1. The molecule has 4 aromatic rings. The SMILES string of the molecule is CC(C)n1cc(-c2ccnc(Nc3ccc(C#N)cc3Br)n2)c2ccncc21. The van der Waals surface area contributed by atoms with Gasteiger partial charge in [-0.25, -0.2) is 9.97 Å². The van der Waals surface area contributed by atoms with Gasteiger partial charge in [-0.15, -0.1) is 0 Å². The highest BCUT2D eigenvalue weighted by Gasteiger charge is 2.14. The molecule has 0 aliphatic rings. The van der Waals surface area contributed by atoms with Crippen LogP contribution in [0.4, 0.5) is 11.6 Å². The van der Waals surface area contributed by atoms with E-state index < -0.39 is 0 Å². The van der Waals surface area contributed by atoms with Gasteiger partial charge < -0.3 is 9.88 Å². The molecule has 6 nitrogen and oxygen atoms in total. The van der Waals surface area contributed by atoms with E-state index in [0.717, 1.165) is 32.3 Å². The summed E-state index contributed by atoms with van der Waals surface area (Å²) in [5, 5.41) is 13.3. The molecule has 0 radical (unpaired) electrons. The Morgan fingerprint density at radius 3 is 2.79 bits per heavy atom. The number of hydrogen-bond acceptors (Lipinski definition) is 5. The van der Waals surface area contributed by atoms with Crippen LogP contribution >= 0.6 is 15.9 Å². The molecule has 3 heterocycles. The number of aromatic nitrogens is 4. The number of benzene rings is 1. The van der Waals surface area contributed by atoms with E-state index in [2.05, 4.69) is 61.9 Å². The van der Waals surface area contributed by atoms with Crippen molar-refractivity contribution in [1.29, 1.82) is 5.26 Å². The van der Waals surface area contributed by atoms with Crippen LogP contribution in [0.25, 0.3) is 22.2 Å². The molecule has 0 aliphatic carbocycles. The normalized spacial score (nSPS) is 11.0. The fourth-order valence-electron chi connectivity index (χ4n) is 3.10. The van der Waals surface area contributed by atoms with Gasteiger partial charge in [0, 0.05) is 40.1 Å². The minimum absolute atomic E-state index is 0.314. The average Bonchev–Trinajstić information content (AvgIpc) is 3.10. The molecular weight excluding hydrogens is 416 g/mol. The van der Waals surface area contributed by atoms with E-state index in [9.17, 15) is 0 Å². The molecule has 0 unspecified atom stereocenters. The first kappa shape index (κ1) is 18.1. The highest BCUT2D eigenvalue weighted by atomic mass is 79.9. The summed E-state index contributed by atoms with van der Waals surface area (Å²) < 4.78 is 2.98. The molecule has 1 N–H and O–H groups in total. The van der Waals surface area contributed by atoms with E-state index in [0.29, 0.717) is 17.6 Å². The first-order valence-corrected chi connectivity index (χ1v) is 9.61. The van der Waals surface area contributed by atoms with Crippen LogP contribution in [0.3, 0.4) is 0 Å². The Kier molecular flexibility index (Phi) is 4.80. The quantitative estimate of drug-likeness (QED) is 0.463. The van der Waals surface area contributed by atoms with Crippen LogP contribution < -0.4 is 5.32 Å². The Labute approximate surface area is 171 Å². The monoisotopic (exact) mass is 432 g/mol. The molecule has 1 aromatic carbocycles. The van der Waals surface area contributed by atoms with E-state index in [-0.39, 0.29) is 0 Å². The predicted octanol–water partition coefficient (Wildman–Crippen LogP) is 5.45. The number of nitrogens with zero attached hydrogens (tertiary/aromatic N) is 5. The molecule has 0 saturated heterocycles. The maximum atomic E-state index is 9.01. The lowest BCUT2D eigenvalue weighted by atomic mass is 10.1. The summed E-state index contributed by atoms with van der Waals surface area (Å²) in [6.07, 6.45) is 7.53. The van der Waals surface area contributed by atoms with E-state index in [4.69, 9.17) is 10.2 Å². The van der Waals surface area contributed by atoms with Crippen molar-refractivity contribution in [3.05, 3.63) is 65.2 Å². The summed E-state index contributed by atoms with van der Waals surface area (Å²) >= 11 is 3.48. The van der Waals surface area contributed by atoms with Gasteiger partial charge in [0.2, 0.25) is 5.95 Å². The lowest BCUT2D eigenvalue weighted by Gasteiger charge is -2.08. The zero-order valence-electron chi connectivity index (χ0n) is 15.4. The van der Waals surface area contributed by atoms with Gasteiger partial charge in [-0.2, -0.15) is 5.26 Å². The molecule has 0 aliphatic heterocycles. The van der Waals surface area contributed by atoms with Crippen LogP contribution in [0.1, 0.15) is 25.5 Å². The van der Waals surface area contributed by atoms with Gasteiger partial charge in [-0.05, 0) is 60.1 Å². The maximum absolute atomic E-state index is 9.01. The summed E-state index contributed by atoms with van der Waals surface area (Å²) in [4.78, 5) is 13.3. The molecular formula is C21H17BrN6. The Morgan fingerprint density at radius 1 is 1.18 bits per heavy atom. The molecule has 7 heteroatoms. The van der Waals surface area contributed by atoms with E-state index in [1.165, 1.54) is 0 Å². The van der Waals surface area contributed by atoms with Crippen molar-refractivity contribution in [2.45, 2.75) is 19.9 Å². The fraction of sp³-hybridized carbons (Fsp3) is 0.143. The number of hydrogen-bond donors (Lipinski definition) is 1. The number of fused-ring (bicyclic) bond motifs is 1. The minimum Gasteiger partial charge on any atom is -0.343 e. The summed E-state index contributed by atoms with van der Waals surface area (Å²) in [5.74, 6) is 0.488. The highest BCUT2D eigenvalue weighted by Crippen LogP contribution is 2.32. The smallest absolute Gasteiger partial charge is 0.227 e. The number of nitrogens with one attached hydrogen (secondary N) is 1. The Morgan fingerprint density at radius 2 is 2.04 bits per heavy atom. The van der Waals surface area contributed by atoms with Crippen molar-refractivity contribution in [3.63, 3.8) is 0 Å². The van der Waals surface area contributed by atoms with Crippen LogP contribution in [0.2, 0.25) is 0 Å². The zero-order valence-corrected chi connectivity index (χ0v) is 17.0. The molecule has 4 rings (SSSR count). The number of anilines is 2. The second kappa shape index (κ2) is 7.41. The molecule has 0 amide bonds. The lowest BCUT2D eigenvalue weighted by Crippen LogP contribution is -1.99. The summed E-state index contributed by atoms with van der Waals surface area (Å²) in [7, 11) is 0. The van der Waals surface area contributed by atoms with Crippen LogP contribution in [-0.4, -0.2) is 19.5 Å². The second-order valence-corrected chi connectivity index (χ2v) is 7.49. The van der Waals surface area contributed by atoms with Crippen LogP contribution in [-0.2, 0) is 0 Å². The van der Waals surface area contributed by atoms with Gasteiger partial charge in [0.05, 0.1) is 34.7 Å². The average molecular weight is 433 g/mol. The summed E-state index contributed by atoms with van der Waals surface area (Å²) in [5.41, 5.74) is 4.33. The van der Waals surface area contributed by atoms with E-state index in [1.54, 1.807) is 24.5 Å². The number of rotatable bonds is 4. The third kappa shape index (κ3) is 3.35. The van der Waals surface area contributed by atoms with Crippen LogP contribution in [0.15, 0.2) is 59.6 Å². The predicted molar refractivity (Wildman–Crippen MR) is 113 cm³/mol. The zero-order chi connectivity index (χ0) is 19.7. The maximum Gasteiger partial charge on any atom is 0.227 e. The molecule has 0 atom stereocenters. The van der Waals surface area contributed by atoms with Crippen LogP contribution in [0, 0.1) is 11.3 Å². The Balaban J connectivity index is 1.74. The molecule has 3 aromatic heterocycles. The third-order valence-corrected chi connectivity index (χ3v) is 5.13. The molecule has 0 bridgehead atoms.